The lowest BCUT2D eigenvalue weighted by atomic mass is 10.1. The second kappa shape index (κ2) is 8.28. The van der Waals surface area contributed by atoms with Crippen molar-refractivity contribution in [1.82, 2.24) is 9.96 Å². The fraction of sp³-hybridized carbons (Fsp3) is 0.150. The Balaban J connectivity index is 1.42. The van der Waals surface area contributed by atoms with E-state index in [9.17, 15) is 14.4 Å². The average molecular weight is 431 g/mol. The summed E-state index contributed by atoms with van der Waals surface area (Å²) in [4.78, 5) is 43.8. The Bertz CT molecular complexity index is 1010. The average Bonchev–Trinajstić information content (AvgIpc) is 2.98. The number of rotatable bonds is 5. The van der Waals surface area contributed by atoms with Crippen LogP contribution >= 0.6 is 23.4 Å². The second-order valence-corrected chi connectivity index (χ2v) is 7.57. The van der Waals surface area contributed by atoms with Crippen molar-refractivity contribution in [3.8, 4) is 5.75 Å². The molecule has 0 N–H and O–H groups in total. The summed E-state index contributed by atoms with van der Waals surface area (Å²) in [5, 5.41) is 0.503. The number of benzene rings is 2. The smallest absolute Gasteiger partial charge is 0.318 e. The van der Waals surface area contributed by atoms with Gasteiger partial charge >= 0.3 is 5.24 Å². The van der Waals surface area contributed by atoms with Crippen LogP contribution in [0.2, 0.25) is 5.02 Å². The van der Waals surface area contributed by atoms with Gasteiger partial charge in [-0.05, 0) is 29.8 Å². The maximum atomic E-state index is 12.6. The number of hydroxylamine groups is 2. The SMILES string of the molecule is O=C1SC(=O)N(OCCN2COc3ccc(Cl)cc3C2=O)C1=Cc1ccccc1. The van der Waals surface area contributed by atoms with E-state index in [-0.39, 0.29) is 36.6 Å². The van der Waals surface area contributed by atoms with Gasteiger partial charge in [0.25, 0.3) is 5.91 Å². The van der Waals surface area contributed by atoms with Gasteiger partial charge in [-0.25, -0.2) is 0 Å². The first-order chi connectivity index (χ1) is 14.0. The first-order valence-electron chi connectivity index (χ1n) is 8.70. The van der Waals surface area contributed by atoms with Gasteiger partial charge in [0.1, 0.15) is 11.4 Å². The number of nitrogens with zero attached hydrogens (tertiary/aromatic N) is 2. The van der Waals surface area contributed by atoms with E-state index in [0.717, 1.165) is 10.6 Å². The Kier molecular flexibility index (Phi) is 5.57. The van der Waals surface area contributed by atoms with Crippen molar-refractivity contribution in [2.45, 2.75) is 0 Å². The molecule has 2 aromatic carbocycles. The van der Waals surface area contributed by atoms with Crippen LogP contribution in [0.3, 0.4) is 0 Å². The summed E-state index contributed by atoms with van der Waals surface area (Å²) in [6.07, 6.45) is 1.59. The quantitative estimate of drug-likeness (QED) is 0.671. The Morgan fingerprint density at radius 3 is 2.72 bits per heavy atom. The number of carbonyl (C=O) groups is 3. The highest BCUT2D eigenvalue weighted by atomic mass is 35.5. The summed E-state index contributed by atoms with van der Waals surface area (Å²) in [6, 6.07) is 14.0. The van der Waals surface area contributed by atoms with Gasteiger partial charge in [-0.2, -0.15) is 5.06 Å². The molecular formula is C20H15ClN2O5S. The van der Waals surface area contributed by atoms with Crippen LogP contribution < -0.4 is 4.74 Å². The zero-order chi connectivity index (χ0) is 20.4. The van der Waals surface area contributed by atoms with Crippen molar-refractivity contribution in [2.75, 3.05) is 19.9 Å². The molecule has 0 atom stereocenters. The molecule has 2 aromatic rings. The molecule has 4 rings (SSSR count). The molecule has 0 bridgehead atoms. The van der Waals surface area contributed by atoms with E-state index < -0.39 is 5.24 Å². The molecular weight excluding hydrogens is 416 g/mol. The van der Waals surface area contributed by atoms with Crippen molar-refractivity contribution in [3.63, 3.8) is 0 Å². The lowest BCUT2D eigenvalue weighted by Crippen LogP contribution is -2.41. The first-order valence-corrected chi connectivity index (χ1v) is 9.90. The molecule has 29 heavy (non-hydrogen) atoms. The number of amides is 2. The van der Waals surface area contributed by atoms with Gasteiger partial charge in [-0.1, -0.05) is 41.9 Å². The van der Waals surface area contributed by atoms with E-state index in [1.807, 2.05) is 30.3 Å². The Hall–Kier alpha value is -2.81. The number of halogens is 1. The van der Waals surface area contributed by atoms with Crippen molar-refractivity contribution in [3.05, 3.63) is 70.4 Å². The van der Waals surface area contributed by atoms with Crippen LogP contribution in [0, 0.1) is 0 Å². The number of fused-ring (bicyclic) bond motifs is 1. The van der Waals surface area contributed by atoms with Gasteiger partial charge in [0, 0.05) is 16.8 Å². The third-order valence-corrected chi connectivity index (χ3v) is 5.26. The molecule has 2 aliphatic rings. The van der Waals surface area contributed by atoms with E-state index in [1.165, 1.54) is 4.90 Å². The summed E-state index contributed by atoms with van der Waals surface area (Å²) in [6.45, 7) is 0.244. The Morgan fingerprint density at radius 1 is 1.14 bits per heavy atom. The predicted molar refractivity (Wildman–Crippen MR) is 108 cm³/mol. The van der Waals surface area contributed by atoms with Gasteiger partial charge < -0.3 is 9.64 Å². The van der Waals surface area contributed by atoms with Crippen molar-refractivity contribution in [2.24, 2.45) is 0 Å². The molecule has 0 unspecified atom stereocenters. The minimum Gasteiger partial charge on any atom is -0.472 e. The molecule has 148 valence electrons. The van der Waals surface area contributed by atoms with Crippen LogP contribution in [0.5, 0.6) is 5.75 Å². The van der Waals surface area contributed by atoms with Crippen LogP contribution in [0.4, 0.5) is 4.79 Å². The molecule has 0 saturated carbocycles. The van der Waals surface area contributed by atoms with Crippen LogP contribution in [-0.4, -0.2) is 46.1 Å². The maximum absolute atomic E-state index is 12.6. The topological polar surface area (TPSA) is 76.2 Å². The number of hydrogen-bond donors (Lipinski definition) is 0. The second-order valence-electron chi connectivity index (χ2n) is 6.21. The first kappa shape index (κ1) is 19.5. The number of carbonyl (C=O) groups excluding carboxylic acids is 3. The van der Waals surface area contributed by atoms with Crippen molar-refractivity contribution in [1.29, 1.82) is 0 Å². The highest BCUT2D eigenvalue weighted by molar-refractivity contribution is 8.27. The van der Waals surface area contributed by atoms with E-state index in [0.29, 0.717) is 28.1 Å². The summed E-state index contributed by atoms with van der Waals surface area (Å²) < 4.78 is 5.56. The highest BCUT2D eigenvalue weighted by Crippen LogP contribution is 2.31. The van der Waals surface area contributed by atoms with Gasteiger partial charge in [-0.3, -0.25) is 19.2 Å². The largest absolute Gasteiger partial charge is 0.472 e. The molecule has 1 saturated heterocycles. The maximum Gasteiger partial charge on any atom is 0.318 e. The Morgan fingerprint density at radius 2 is 1.93 bits per heavy atom. The number of thioether (sulfide) groups is 1. The fourth-order valence-electron chi connectivity index (χ4n) is 2.88. The molecule has 2 heterocycles. The molecule has 2 amide bonds. The fourth-order valence-corrected chi connectivity index (χ4v) is 3.69. The number of hydrogen-bond acceptors (Lipinski definition) is 6. The minimum atomic E-state index is -0.518. The normalized spacial score (nSPS) is 17.7. The standard InChI is InChI=1S/C20H15ClN2O5S/c21-14-6-7-17-15(11-14)18(24)22(12-27-17)8-9-28-23-16(19(25)29-20(23)26)10-13-4-2-1-3-5-13/h1-7,10-11H,8-9,12H2. The van der Waals surface area contributed by atoms with E-state index in [2.05, 4.69) is 0 Å². The summed E-state index contributed by atoms with van der Waals surface area (Å²) in [7, 11) is 0. The van der Waals surface area contributed by atoms with E-state index in [1.54, 1.807) is 24.3 Å². The molecule has 9 heteroatoms. The number of ether oxygens (including phenoxy) is 1. The zero-order valence-electron chi connectivity index (χ0n) is 15.0. The van der Waals surface area contributed by atoms with Gasteiger partial charge in [-0.15, -0.1) is 0 Å². The molecule has 1 fully saturated rings. The lowest BCUT2D eigenvalue weighted by Gasteiger charge is -2.29. The lowest BCUT2D eigenvalue weighted by molar-refractivity contribution is -0.118. The van der Waals surface area contributed by atoms with Crippen LogP contribution in [0.1, 0.15) is 15.9 Å². The highest BCUT2D eigenvalue weighted by Gasteiger charge is 2.36. The van der Waals surface area contributed by atoms with E-state index >= 15 is 0 Å². The molecule has 7 nitrogen and oxygen atoms in total. The molecule has 2 aliphatic heterocycles. The van der Waals surface area contributed by atoms with Gasteiger partial charge in [0.15, 0.2) is 6.73 Å². The van der Waals surface area contributed by atoms with Crippen molar-refractivity contribution >= 4 is 45.7 Å². The molecule has 0 aliphatic carbocycles. The third-order valence-electron chi connectivity index (χ3n) is 4.29. The Labute approximate surface area is 175 Å². The molecule has 0 spiro atoms. The van der Waals surface area contributed by atoms with Crippen LogP contribution in [0.25, 0.3) is 6.08 Å². The third kappa shape index (κ3) is 4.14. The van der Waals surface area contributed by atoms with Crippen molar-refractivity contribution < 1.29 is 24.0 Å². The van der Waals surface area contributed by atoms with E-state index in [4.69, 9.17) is 21.2 Å². The monoisotopic (exact) mass is 430 g/mol. The minimum absolute atomic E-state index is 0.0106. The predicted octanol–water partition coefficient (Wildman–Crippen LogP) is 3.80. The summed E-state index contributed by atoms with van der Waals surface area (Å²) in [5.74, 6) is 0.233. The molecule has 0 aromatic heterocycles. The van der Waals surface area contributed by atoms with Gasteiger partial charge in [0.2, 0.25) is 5.12 Å². The molecule has 0 radical (unpaired) electrons. The summed E-state index contributed by atoms with van der Waals surface area (Å²) >= 11 is 6.53. The summed E-state index contributed by atoms with van der Waals surface area (Å²) in [5.41, 5.74) is 1.29. The van der Waals surface area contributed by atoms with Crippen LogP contribution in [0.15, 0.2) is 54.2 Å². The van der Waals surface area contributed by atoms with Crippen LogP contribution in [-0.2, 0) is 9.63 Å². The van der Waals surface area contributed by atoms with Gasteiger partial charge in [0.05, 0.1) is 18.7 Å². The zero-order valence-corrected chi connectivity index (χ0v) is 16.6.